The standard InChI is InChI=1S/C11H11BrClNO3/c1-6(12)10(15)14-7-3-4-9(13)8(5-7)11(16)17-2/h3-6H,1-2H3,(H,14,15). The van der Waals surface area contributed by atoms with E-state index in [0.717, 1.165) is 0 Å². The summed E-state index contributed by atoms with van der Waals surface area (Å²) in [6.45, 7) is 1.70. The number of carbonyl (C=O) groups excluding carboxylic acids is 2. The van der Waals surface area contributed by atoms with Crippen LogP contribution in [0.1, 0.15) is 17.3 Å². The van der Waals surface area contributed by atoms with Crippen LogP contribution in [0, 0.1) is 0 Å². The smallest absolute Gasteiger partial charge is 0.339 e. The molecule has 1 aromatic carbocycles. The predicted molar refractivity (Wildman–Crippen MR) is 69.8 cm³/mol. The Kier molecular flexibility index (Phi) is 4.96. The lowest BCUT2D eigenvalue weighted by molar-refractivity contribution is -0.115. The number of ether oxygens (including phenoxy) is 1. The van der Waals surface area contributed by atoms with E-state index in [2.05, 4.69) is 26.0 Å². The first-order valence-electron chi connectivity index (χ1n) is 4.78. The number of alkyl halides is 1. The zero-order chi connectivity index (χ0) is 13.0. The number of rotatable bonds is 3. The largest absolute Gasteiger partial charge is 0.465 e. The van der Waals surface area contributed by atoms with Gasteiger partial charge in [-0.05, 0) is 25.1 Å². The third-order valence-electron chi connectivity index (χ3n) is 2.00. The van der Waals surface area contributed by atoms with E-state index >= 15 is 0 Å². The Bertz CT molecular complexity index is 448. The molecule has 1 unspecified atom stereocenters. The lowest BCUT2D eigenvalue weighted by atomic mass is 10.2. The summed E-state index contributed by atoms with van der Waals surface area (Å²) in [5, 5.41) is 2.92. The number of hydrogen-bond acceptors (Lipinski definition) is 3. The minimum Gasteiger partial charge on any atom is -0.465 e. The SMILES string of the molecule is COC(=O)c1cc(NC(=O)C(C)Br)ccc1Cl. The lowest BCUT2D eigenvalue weighted by Crippen LogP contribution is -2.20. The third-order valence-corrected chi connectivity index (χ3v) is 2.75. The molecular formula is C11H11BrClNO3. The molecule has 0 radical (unpaired) electrons. The van der Waals surface area contributed by atoms with Crippen LogP contribution in [0.3, 0.4) is 0 Å². The summed E-state index contributed by atoms with van der Waals surface area (Å²) in [6.07, 6.45) is 0. The number of methoxy groups -OCH3 is 1. The van der Waals surface area contributed by atoms with E-state index in [1.165, 1.54) is 19.2 Å². The van der Waals surface area contributed by atoms with Gasteiger partial charge in [-0.25, -0.2) is 4.79 Å². The van der Waals surface area contributed by atoms with Crippen molar-refractivity contribution in [3.63, 3.8) is 0 Å². The van der Waals surface area contributed by atoms with Crippen molar-refractivity contribution < 1.29 is 14.3 Å². The summed E-state index contributed by atoms with van der Waals surface area (Å²) in [5.74, 6) is -0.749. The highest BCUT2D eigenvalue weighted by molar-refractivity contribution is 9.10. The first-order valence-corrected chi connectivity index (χ1v) is 6.08. The number of nitrogens with one attached hydrogen (secondary N) is 1. The van der Waals surface area contributed by atoms with E-state index in [1.54, 1.807) is 13.0 Å². The first kappa shape index (κ1) is 14.0. The Hall–Kier alpha value is -1.07. The van der Waals surface area contributed by atoms with Crippen molar-refractivity contribution in [1.29, 1.82) is 0 Å². The highest BCUT2D eigenvalue weighted by atomic mass is 79.9. The molecule has 0 spiro atoms. The van der Waals surface area contributed by atoms with Crippen molar-refractivity contribution in [2.24, 2.45) is 0 Å². The molecule has 0 bridgehead atoms. The Morgan fingerprint density at radius 2 is 2.12 bits per heavy atom. The van der Waals surface area contributed by atoms with Crippen LogP contribution < -0.4 is 5.32 Å². The van der Waals surface area contributed by atoms with Crippen LogP contribution in [0.15, 0.2) is 18.2 Å². The van der Waals surface area contributed by atoms with E-state index in [-0.39, 0.29) is 21.3 Å². The van der Waals surface area contributed by atoms with Crippen molar-refractivity contribution in [2.75, 3.05) is 12.4 Å². The number of hydrogen-bond donors (Lipinski definition) is 1. The van der Waals surface area contributed by atoms with E-state index in [0.29, 0.717) is 5.69 Å². The summed E-state index contributed by atoms with van der Waals surface area (Å²) in [6, 6.07) is 4.62. The second-order valence-corrected chi connectivity index (χ2v) is 5.07. The monoisotopic (exact) mass is 319 g/mol. The quantitative estimate of drug-likeness (QED) is 0.688. The Balaban J connectivity index is 2.97. The summed E-state index contributed by atoms with van der Waals surface area (Å²) in [7, 11) is 1.27. The summed E-state index contributed by atoms with van der Waals surface area (Å²) < 4.78 is 4.58. The Morgan fingerprint density at radius 3 is 2.65 bits per heavy atom. The maximum absolute atomic E-state index is 11.4. The topological polar surface area (TPSA) is 55.4 Å². The maximum Gasteiger partial charge on any atom is 0.339 e. The minimum atomic E-state index is -0.544. The van der Waals surface area contributed by atoms with E-state index in [4.69, 9.17) is 11.6 Å². The fourth-order valence-corrected chi connectivity index (χ4v) is 1.42. The molecule has 0 heterocycles. The molecule has 0 fully saturated rings. The highest BCUT2D eigenvalue weighted by Gasteiger charge is 2.13. The summed E-state index contributed by atoms with van der Waals surface area (Å²) in [5.41, 5.74) is 0.709. The summed E-state index contributed by atoms with van der Waals surface area (Å²) in [4.78, 5) is 22.5. The van der Waals surface area contributed by atoms with Gasteiger partial charge in [0.2, 0.25) is 5.91 Å². The average molecular weight is 321 g/mol. The number of carbonyl (C=O) groups is 2. The van der Waals surface area contributed by atoms with Crippen LogP contribution in [-0.4, -0.2) is 23.8 Å². The van der Waals surface area contributed by atoms with E-state index in [9.17, 15) is 9.59 Å². The highest BCUT2D eigenvalue weighted by Crippen LogP contribution is 2.21. The molecule has 0 aliphatic carbocycles. The van der Waals surface area contributed by atoms with Gasteiger partial charge in [0.15, 0.2) is 0 Å². The molecule has 17 heavy (non-hydrogen) atoms. The predicted octanol–water partition coefficient (Wildman–Crippen LogP) is 2.85. The fraction of sp³-hybridized carbons (Fsp3) is 0.273. The molecule has 1 atom stereocenters. The van der Waals surface area contributed by atoms with Crippen molar-refractivity contribution in [3.05, 3.63) is 28.8 Å². The molecule has 6 heteroatoms. The maximum atomic E-state index is 11.4. The minimum absolute atomic E-state index is 0.205. The molecule has 0 aromatic heterocycles. The van der Waals surface area contributed by atoms with Gasteiger partial charge in [0.05, 0.1) is 22.5 Å². The number of anilines is 1. The van der Waals surface area contributed by atoms with Gasteiger partial charge in [-0.15, -0.1) is 0 Å². The number of halogens is 2. The molecule has 0 aliphatic heterocycles. The van der Waals surface area contributed by atoms with Gasteiger partial charge in [-0.2, -0.15) is 0 Å². The second kappa shape index (κ2) is 6.02. The lowest BCUT2D eigenvalue weighted by Gasteiger charge is -2.09. The normalized spacial score (nSPS) is 11.8. The Labute approximate surface area is 112 Å². The van der Waals surface area contributed by atoms with E-state index < -0.39 is 5.97 Å². The van der Waals surface area contributed by atoms with Crippen LogP contribution in [0.5, 0.6) is 0 Å². The number of esters is 1. The zero-order valence-electron chi connectivity index (χ0n) is 9.29. The van der Waals surface area contributed by atoms with Crippen LogP contribution in [-0.2, 0) is 9.53 Å². The van der Waals surface area contributed by atoms with E-state index in [1.807, 2.05) is 0 Å². The second-order valence-electron chi connectivity index (χ2n) is 3.29. The van der Waals surface area contributed by atoms with Gasteiger partial charge in [0.25, 0.3) is 0 Å². The van der Waals surface area contributed by atoms with Gasteiger partial charge in [-0.1, -0.05) is 27.5 Å². The van der Waals surface area contributed by atoms with Gasteiger partial charge < -0.3 is 10.1 Å². The number of benzene rings is 1. The fourth-order valence-electron chi connectivity index (χ4n) is 1.11. The van der Waals surface area contributed by atoms with Gasteiger partial charge in [0, 0.05) is 5.69 Å². The molecule has 0 saturated heterocycles. The average Bonchev–Trinajstić information content (AvgIpc) is 2.30. The zero-order valence-corrected chi connectivity index (χ0v) is 11.6. The van der Waals surface area contributed by atoms with Gasteiger partial charge in [-0.3, -0.25) is 4.79 Å². The van der Waals surface area contributed by atoms with Crippen molar-refractivity contribution >= 4 is 45.1 Å². The first-order chi connectivity index (χ1) is 7.95. The van der Waals surface area contributed by atoms with Crippen LogP contribution in [0.25, 0.3) is 0 Å². The van der Waals surface area contributed by atoms with Crippen LogP contribution in [0.4, 0.5) is 5.69 Å². The molecular weight excluding hydrogens is 309 g/mol. The van der Waals surface area contributed by atoms with Crippen molar-refractivity contribution in [2.45, 2.75) is 11.8 Å². The summed E-state index contributed by atoms with van der Waals surface area (Å²) >= 11 is 8.99. The third kappa shape index (κ3) is 3.71. The van der Waals surface area contributed by atoms with Crippen molar-refractivity contribution in [1.82, 2.24) is 0 Å². The molecule has 0 aliphatic rings. The van der Waals surface area contributed by atoms with Crippen molar-refractivity contribution in [3.8, 4) is 0 Å². The van der Waals surface area contributed by atoms with Gasteiger partial charge >= 0.3 is 5.97 Å². The molecule has 1 N–H and O–H groups in total. The molecule has 1 amide bonds. The van der Waals surface area contributed by atoms with Gasteiger partial charge in [0.1, 0.15) is 0 Å². The van der Waals surface area contributed by atoms with Crippen LogP contribution >= 0.6 is 27.5 Å². The molecule has 1 aromatic rings. The Morgan fingerprint density at radius 1 is 1.47 bits per heavy atom. The molecule has 1 rings (SSSR count). The molecule has 0 saturated carbocycles. The molecule has 92 valence electrons. The van der Waals surface area contributed by atoms with Crippen LogP contribution in [0.2, 0.25) is 5.02 Å². The molecule has 4 nitrogen and oxygen atoms in total. The number of amides is 1.